The Hall–Kier alpha value is -0.0400. The number of unbranched alkanes of at least 4 members (excludes halogenated alkanes) is 1. The molecule has 12 heavy (non-hydrogen) atoms. The maximum Gasteiger partial charge on any atom is 0.00670 e. The van der Waals surface area contributed by atoms with Gasteiger partial charge in [-0.05, 0) is 32.2 Å². The van der Waals surface area contributed by atoms with Gasteiger partial charge in [-0.3, -0.25) is 0 Å². The molecule has 1 aliphatic rings. The number of hydrogen-bond donors (Lipinski definition) is 0. The minimum atomic E-state index is 0.829. The number of rotatable bonds is 4. The molecule has 1 fully saturated rings. The quantitative estimate of drug-likeness (QED) is 0.625. The standard InChI is InChI=1S/C11H23N/c1-4-5-6-11(3)12-8-7-10(2)9-12/h10-11H,4-9H2,1-3H3. The molecular weight excluding hydrogens is 146 g/mol. The molecule has 1 aliphatic heterocycles. The molecule has 2 unspecified atom stereocenters. The van der Waals surface area contributed by atoms with Crippen LogP contribution in [-0.4, -0.2) is 24.0 Å². The third kappa shape index (κ3) is 2.78. The highest BCUT2D eigenvalue weighted by molar-refractivity contribution is 4.76. The van der Waals surface area contributed by atoms with Crippen LogP contribution in [0.3, 0.4) is 0 Å². The van der Waals surface area contributed by atoms with Crippen molar-refractivity contribution in [3.8, 4) is 0 Å². The maximum atomic E-state index is 2.65. The van der Waals surface area contributed by atoms with Crippen molar-refractivity contribution in [3.63, 3.8) is 0 Å². The summed E-state index contributed by atoms with van der Waals surface area (Å²) in [6, 6.07) is 0.829. The van der Waals surface area contributed by atoms with Crippen molar-refractivity contribution >= 4 is 0 Å². The van der Waals surface area contributed by atoms with E-state index in [9.17, 15) is 0 Å². The van der Waals surface area contributed by atoms with Crippen LogP contribution in [0.4, 0.5) is 0 Å². The molecule has 0 bridgehead atoms. The molecule has 72 valence electrons. The predicted octanol–water partition coefficient (Wildman–Crippen LogP) is 2.91. The molecule has 1 rings (SSSR count). The van der Waals surface area contributed by atoms with Crippen LogP contribution in [0.15, 0.2) is 0 Å². The van der Waals surface area contributed by atoms with Gasteiger partial charge in [0.25, 0.3) is 0 Å². The van der Waals surface area contributed by atoms with E-state index < -0.39 is 0 Å². The van der Waals surface area contributed by atoms with E-state index in [1.54, 1.807) is 0 Å². The average molecular weight is 169 g/mol. The summed E-state index contributed by atoms with van der Waals surface area (Å²) in [5.74, 6) is 0.939. The lowest BCUT2D eigenvalue weighted by atomic mass is 10.1. The molecule has 0 saturated carbocycles. The van der Waals surface area contributed by atoms with Crippen molar-refractivity contribution in [2.75, 3.05) is 13.1 Å². The second kappa shape index (κ2) is 4.86. The van der Waals surface area contributed by atoms with E-state index in [1.807, 2.05) is 0 Å². The maximum absolute atomic E-state index is 2.65. The van der Waals surface area contributed by atoms with Crippen LogP contribution in [-0.2, 0) is 0 Å². The van der Waals surface area contributed by atoms with Gasteiger partial charge in [0.15, 0.2) is 0 Å². The molecule has 0 aromatic carbocycles. The molecule has 0 radical (unpaired) electrons. The van der Waals surface area contributed by atoms with Gasteiger partial charge in [0.2, 0.25) is 0 Å². The Morgan fingerprint density at radius 2 is 2.25 bits per heavy atom. The lowest BCUT2D eigenvalue weighted by Crippen LogP contribution is -2.30. The molecule has 1 heteroatoms. The van der Waals surface area contributed by atoms with Crippen LogP contribution >= 0.6 is 0 Å². The average Bonchev–Trinajstić information content (AvgIpc) is 2.47. The Labute approximate surface area is 77.1 Å². The summed E-state index contributed by atoms with van der Waals surface area (Å²) in [7, 11) is 0. The van der Waals surface area contributed by atoms with Crippen LogP contribution in [0.5, 0.6) is 0 Å². The molecule has 0 aromatic heterocycles. The Balaban J connectivity index is 2.18. The third-order valence-corrected chi connectivity index (χ3v) is 3.05. The first-order valence-corrected chi connectivity index (χ1v) is 5.48. The molecule has 0 N–H and O–H groups in total. The normalized spacial score (nSPS) is 27.8. The minimum absolute atomic E-state index is 0.829. The van der Waals surface area contributed by atoms with Crippen LogP contribution in [0.25, 0.3) is 0 Å². The summed E-state index contributed by atoms with van der Waals surface area (Å²) in [5.41, 5.74) is 0. The van der Waals surface area contributed by atoms with Gasteiger partial charge in [-0.25, -0.2) is 0 Å². The van der Waals surface area contributed by atoms with E-state index in [4.69, 9.17) is 0 Å². The Kier molecular flexibility index (Phi) is 4.07. The predicted molar refractivity (Wildman–Crippen MR) is 54.3 cm³/mol. The van der Waals surface area contributed by atoms with Crippen LogP contribution in [0.2, 0.25) is 0 Å². The summed E-state index contributed by atoms with van der Waals surface area (Å²) in [6.07, 6.45) is 5.54. The highest BCUT2D eigenvalue weighted by atomic mass is 15.2. The Bertz CT molecular complexity index is 122. The van der Waals surface area contributed by atoms with Crippen molar-refractivity contribution < 1.29 is 0 Å². The Morgan fingerprint density at radius 3 is 2.75 bits per heavy atom. The molecule has 0 aliphatic carbocycles. The van der Waals surface area contributed by atoms with Crippen molar-refractivity contribution in [2.24, 2.45) is 5.92 Å². The minimum Gasteiger partial charge on any atom is -0.300 e. The topological polar surface area (TPSA) is 3.24 Å². The van der Waals surface area contributed by atoms with Gasteiger partial charge >= 0.3 is 0 Å². The summed E-state index contributed by atoms with van der Waals surface area (Å²) in [5, 5.41) is 0. The second-order valence-electron chi connectivity index (χ2n) is 4.38. The molecule has 2 atom stereocenters. The zero-order valence-electron chi connectivity index (χ0n) is 8.84. The van der Waals surface area contributed by atoms with E-state index in [0.29, 0.717) is 0 Å². The Morgan fingerprint density at radius 1 is 1.50 bits per heavy atom. The van der Waals surface area contributed by atoms with Crippen molar-refractivity contribution in [1.29, 1.82) is 0 Å². The smallest absolute Gasteiger partial charge is 0.00670 e. The van der Waals surface area contributed by atoms with Gasteiger partial charge in [-0.1, -0.05) is 26.7 Å². The molecular formula is C11H23N. The molecule has 0 aromatic rings. The highest BCUT2D eigenvalue weighted by Crippen LogP contribution is 2.19. The highest BCUT2D eigenvalue weighted by Gasteiger charge is 2.22. The van der Waals surface area contributed by atoms with E-state index >= 15 is 0 Å². The number of likely N-dealkylation sites (tertiary alicyclic amines) is 1. The monoisotopic (exact) mass is 169 g/mol. The van der Waals surface area contributed by atoms with Gasteiger partial charge in [-0.2, -0.15) is 0 Å². The number of nitrogens with zero attached hydrogens (tertiary/aromatic N) is 1. The lowest BCUT2D eigenvalue weighted by Gasteiger charge is -2.23. The van der Waals surface area contributed by atoms with E-state index in [1.165, 1.54) is 38.8 Å². The van der Waals surface area contributed by atoms with Gasteiger partial charge in [0.1, 0.15) is 0 Å². The van der Waals surface area contributed by atoms with Crippen LogP contribution in [0, 0.1) is 5.92 Å². The fourth-order valence-corrected chi connectivity index (χ4v) is 2.05. The van der Waals surface area contributed by atoms with Gasteiger partial charge in [0.05, 0.1) is 0 Å². The largest absolute Gasteiger partial charge is 0.300 e. The zero-order chi connectivity index (χ0) is 8.97. The zero-order valence-corrected chi connectivity index (χ0v) is 8.84. The van der Waals surface area contributed by atoms with E-state index in [0.717, 1.165) is 12.0 Å². The summed E-state index contributed by atoms with van der Waals surface area (Å²) in [6.45, 7) is 9.70. The van der Waals surface area contributed by atoms with Crippen LogP contribution < -0.4 is 0 Å². The summed E-state index contributed by atoms with van der Waals surface area (Å²) in [4.78, 5) is 2.65. The van der Waals surface area contributed by atoms with E-state index in [-0.39, 0.29) is 0 Å². The SMILES string of the molecule is CCCCC(C)N1CCC(C)C1. The molecule has 1 heterocycles. The van der Waals surface area contributed by atoms with E-state index in [2.05, 4.69) is 25.7 Å². The summed E-state index contributed by atoms with van der Waals surface area (Å²) < 4.78 is 0. The van der Waals surface area contributed by atoms with Gasteiger partial charge < -0.3 is 4.90 Å². The molecule has 0 amide bonds. The van der Waals surface area contributed by atoms with Gasteiger partial charge in [0, 0.05) is 12.6 Å². The van der Waals surface area contributed by atoms with Crippen molar-refractivity contribution in [1.82, 2.24) is 4.90 Å². The fourth-order valence-electron chi connectivity index (χ4n) is 2.05. The third-order valence-electron chi connectivity index (χ3n) is 3.05. The fraction of sp³-hybridized carbons (Fsp3) is 1.00. The van der Waals surface area contributed by atoms with Crippen molar-refractivity contribution in [2.45, 2.75) is 52.5 Å². The van der Waals surface area contributed by atoms with Gasteiger partial charge in [-0.15, -0.1) is 0 Å². The summed E-state index contributed by atoms with van der Waals surface area (Å²) >= 11 is 0. The first-order valence-electron chi connectivity index (χ1n) is 5.48. The number of hydrogen-bond acceptors (Lipinski definition) is 1. The molecule has 1 saturated heterocycles. The first kappa shape index (κ1) is 10.0. The molecule has 1 nitrogen and oxygen atoms in total. The molecule has 0 spiro atoms. The first-order chi connectivity index (χ1) is 5.74. The lowest BCUT2D eigenvalue weighted by molar-refractivity contribution is 0.236. The second-order valence-corrected chi connectivity index (χ2v) is 4.38. The van der Waals surface area contributed by atoms with Crippen molar-refractivity contribution in [3.05, 3.63) is 0 Å². The van der Waals surface area contributed by atoms with Crippen LogP contribution in [0.1, 0.15) is 46.5 Å².